The Morgan fingerprint density at radius 2 is 0.500 bits per heavy atom. The van der Waals surface area contributed by atoms with Gasteiger partial charge in [0.2, 0.25) is 0 Å². The first-order valence-corrected chi connectivity index (χ1v) is 36.7. The first-order chi connectivity index (χ1) is 40.1. The van der Waals surface area contributed by atoms with Gasteiger partial charge in [-0.15, -0.1) is 0 Å². The van der Waals surface area contributed by atoms with Crippen LogP contribution in [0.3, 0.4) is 0 Å². The highest BCUT2D eigenvalue weighted by Crippen LogP contribution is 2.45. The molecule has 17 nitrogen and oxygen atoms in total. The summed E-state index contributed by atoms with van der Waals surface area (Å²) in [4.78, 5) is 72.2. The van der Waals surface area contributed by atoms with Gasteiger partial charge in [-0.05, 0) is 49.4 Å². The number of phosphoric ester groups is 2. The summed E-state index contributed by atoms with van der Waals surface area (Å²) in [6.07, 6.45) is 35.1. The van der Waals surface area contributed by atoms with E-state index in [-0.39, 0.29) is 25.7 Å². The molecule has 0 aliphatic heterocycles. The van der Waals surface area contributed by atoms with Crippen molar-refractivity contribution in [3.05, 3.63) is 0 Å². The number of rotatable bonds is 62. The Morgan fingerprint density at radius 1 is 0.298 bits per heavy atom. The number of esters is 4. The van der Waals surface area contributed by atoms with Crippen LogP contribution < -0.4 is 0 Å². The van der Waals surface area contributed by atoms with Crippen molar-refractivity contribution in [1.82, 2.24) is 0 Å². The lowest BCUT2D eigenvalue weighted by atomic mass is 10.0. The molecule has 0 saturated carbocycles. The fraction of sp³-hybridized carbons (Fsp3) is 0.938. The number of ether oxygens (including phenoxy) is 4. The highest BCUT2D eigenvalue weighted by Gasteiger charge is 2.30. The molecular weight excluding hydrogens is 1110 g/mol. The molecule has 0 aromatic rings. The van der Waals surface area contributed by atoms with E-state index in [0.29, 0.717) is 37.5 Å². The zero-order chi connectivity index (χ0) is 62.5. The number of phosphoric acid groups is 2. The SMILES string of the molecule is CC(C)CCCCCCCCCCCCCC(=O)O[C@H](COC(=O)CCCCCCCCC(C)C)COP(=O)(O)OC[C@H](O)COP(=O)(O)OC[C@@H](COC(=O)CCCCCCCCCCCC(C)C)OC(=O)CCCCCCCCC(C)C. The van der Waals surface area contributed by atoms with Crippen molar-refractivity contribution in [3.8, 4) is 0 Å². The van der Waals surface area contributed by atoms with Gasteiger partial charge >= 0.3 is 39.5 Å². The van der Waals surface area contributed by atoms with Gasteiger partial charge in [0.1, 0.15) is 19.3 Å². The van der Waals surface area contributed by atoms with Crippen LogP contribution in [0.1, 0.15) is 312 Å². The van der Waals surface area contributed by atoms with Crippen molar-refractivity contribution >= 4 is 39.5 Å². The Bertz CT molecular complexity index is 1680. The summed E-state index contributed by atoms with van der Waals surface area (Å²) < 4.78 is 68.0. The molecule has 84 heavy (non-hydrogen) atoms. The topological polar surface area (TPSA) is 237 Å². The second kappa shape index (κ2) is 55.2. The molecule has 0 aromatic heterocycles. The quantitative estimate of drug-likeness (QED) is 0.0222. The van der Waals surface area contributed by atoms with E-state index >= 15 is 0 Å². The maximum atomic E-state index is 13.0. The van der Waals surface area contributed by atoms with Crippen LogP contribution in [-0.4, -0.2) is 96.7 Å². The van der Waals surface area contributed by atoms with E-state index in [0.717, 1.165) is 108 Å². The number of hydrogen-bond donors (Lipinski definition) is 3. The molecule has 0 heterocycles. The standard InChI is InChI=1S/C65H126O17P2/c1-55(2)41-33-25-17-13-10-9-11-15-20-31-39-47-64(69)81-60(52-76-63(68)46-38-30-23-21-27-35-43-57(5)6)53-79-83(71,72)77-49-59(66)50-78-84(73,74)80-54-61(82-65(70)48-40-32-24-22-28-36-44-58(7)8)51-75-62(67)45-37-29-19-16-12-14-18-26-34-42-56(3)4/h55-61,66H,9-54H2,1-8H3,(H,71,72)(H,73,74)/t59-,60+,61+/m0/s1. The number of aliphatic hydroxyl groups excluding tert-OH is 1. The van der Waals surface area contributed by atoms with E-state index < -0.39 is 97.5 Å². The van der Waals surface area contributed by atoms with Crippen LogP contribution in [0.2, 0.25) is 0 Å². The van der Waals surface area contributed by atoms with E-state index in [4.69, 9.17) is 37.0 Å². The maximum absolute atomic E-state index is 13.0. The molecule has 0 bridgehead atoms. The summed E-state index contributed by atoms with van der Waals surface area (Å²) in [5.41, 5.74) is 0. The molecular formula is C65H126O17P2. The second-order valence-electron chi connectivity index (χ2n) is 25.4. The van der Waals surface area contributed by atoms with Crippen LogP contribution in [0.5, 0.6) is 0 Å². The highest BCUT2D eigenvalue weighted by molar-refractivity contribution is 7.47. The fourth-order valence-electron chi connectivity index (χ4n) is 9.61. The van der Waals surface area contributed by atoms with Gasteiger partial charge in [0.05, 0.1) is 26.4 Å². The summed E-state index contributed by atoms with van der Waals surface area (Å²) in [6.45, 7) is 13.9. The van der Waals surface area contributed by atoms with Crippen molar-refractivity contribution in [2.24, 2.45) is 23.7 Å². The van der Waals surface area contributed by atoms with E-state index in [1.165, 1.54) is 109 Å². The molecule has 0 saturated heterocycles. The van der Waals surface area contributed by atoms with E-state index in [1.807, 2.05) is 0 Å². The lowest BCUT2D eigenvalue weighted by molar-refractivity contribution is -0.161. The molecule has 0 spiro atoms. The van der Waals surface area contributed by atoms with Crippen LogP contribution in [0.15, 0.2) is 0 Å². The van der Waals surface area contributed by atoms with E-state index in [9.17, 15) is 43.2 Å². The van der Waals surface area contributed by atoms with Gasteiger partial charge in [-0.1, -0.05) is 261 Å². The van der Waals surface area contributed by atoms with Gasteiger partial charge in [0, 0.05) is 25.7 Å². The fourth-order valence-corrected chi connectivity index (χ4v) is 11.2. The lowest BCUT2D eigenvalue weighted by Gasteiger charge is -2.21. The molecule has 0 fully saturated rings. The number of carbonyl (C=O) groups excluding carboxylic acids is 4. The monoisotopic (exact) mass is 1240 g/mol. The molecule has 3 N–H and O–H groups in total. The second-order valence-corrected chi connectivity index (χ2v) is 28.3. The third-order valence-electron chi connectivity index (χ3n) is 14.8. The molecule has 19 heteroatoms. The zero-order valence-corrected chi connectivity index (χ0v) is 56.3. The number of carbonyl (C=O) groups is 4. The van der Waals surface area contributed by atoms with Crippen molar-refractivity contribution in [2.75, 3.05) is 39.6 Å². The number of hydrogen-bond acceptors (Lipinski definition) is 15. The molecule has 0 aromatic carbocycles. The smallest absolute Gasteiger partial charge is 0.462 e. The van der Waals surface area contributed by atoms with Gasteiger partial charge in [0.25, 0.3) is 0 Å². The van der Waals surface area contributed by atoms with Crippen molar-refractivity contribution < 1.29 is 80.2 Å². The van der Waals surface area contributed by atoms with Crippen LogP contribution >= 0.6 is 15.6 Å². The van der Waals surface area contributed by atoms with Crippen molar-refractivity contribution in [1.29, 1.82) is 0 Å². The van der Waals surface area contributed by atoms with Crippen LogP contribution in [0, 0.1) is 23.7 Å². The van der Waals surface area contributed by atoms with Crippen LogP contribution in [-0.2, 0) is 65.4 Å². The number of unbranched alkanes of at least 4 members (excludes halogenated alkanes) is 28. The minimum Gasteiger partial charge on any atom is -0.462 e. The predicted molar refractivity (Wildman–Crippen MR) is 335 cm³/mol. The van der Waals surface area contributed by atoms with E-state index in [1.54, 1.807) is 0 Å². The highest BCUT2D eigenvalue weighted by atomic mass is 31.2. The van der Waals surface area contributed by atoms with E-state index in [2.05, 4.69) is 55.4 Å². The lowest BCUT2D eigenvalue weighted by Crippen LogP contribution is -2.30. The summed E-state index contributed by atoms with van der Waals surface area (Å²) >= 11 is 0. The van der Waals surface area contributed by atoms with Crippen molar-refractivity contribution in [3.63, 3.8) is 0 Å². The molecule has 0 aliphatic carbocycles. The zero-order valence-electron chi connectivity index (χ0n) is 54.5. The third kappa shape index (κ3) is 59.0. The summed E-state index contributed by atoms with van der Waals surface area (Å²) in [6, 6.07) is 0. The molecule has 2 unspecified atom stereocenters. The Morgan fingerprint density at radius 3 is 0.738 bits per heavy atom. The first kappa shape index (κ1) is 82.1. The maximum Gasteiger partial charge on any atom is 0.472 e. The van der Waals surface area contributed by atoms with Gasteiger partial charge in [-0.25, -0.2) is 9.13 Å². The molecule has 0 amide bonds. The Labute approximate surface area is 511 Å². The van der Waals surface area contributed by atoms with Gasteiger partial charge < -0.3 is 33.8 Å². The van der Waals surface area contributed by atoms with Gasteiger partial charge in [-0.3, -0.25) is 37.3 Å². The Kier molecular flexibility index (Phi) is 53.9. The third-order valence-corrected chi connectivity index (χ3v) is 16.7. The average molecular weight is 1240 g/mol. The summed E-state index contributed by atoms with van der Waals surface area (Å²) in [5.74, 6) is 0.716. The molecule has 0 radical (unpaired) electrons. The minimum atomic E-state index is -4.95. The van der Waals surface area contributed by atoms with Crippen LogP contribution in [0.4, 0.5) is 0 Å². The van der Waals surface area contributed by atoms with Crippen molar-refractivity contribution in [2.45, 2.75) is 331 Å². The first-order valence-electron chi connectivity index (χ1n) is 33.7. The van der Waals surface area contributed by atoms with Gasteiger partial charge in [0.15, 0.2) is 12.2 Å². The molecule has 5 atom stereocenters. The average Bonchev–Trinajstić information content (AvgIpc) is 3.45. The number of aliphatic hydroxyl groups is 1. The Balaban J connectivity index is 5.22. The molecule has 0 rings (SSSR count). The van der Waals surface area contributed by atoms with Gasteiger partial charge in [-0.2, -0.15) is 0 Å². The summed E-state index contributed by atoms with van der Waals surface area (Å²) in [7, 11) is -9.89. The van der Waals surface area contributed by atoms with Crippen LogP contribution in [0.25, 0.3) is 0 Å². The molecule has 498 valence electrons. The summed E-state index contributed by atoms with van der Waals surface area (Å²) in [5, 5.41) is 10.5. The predicted octanol–water partition coefficient (Wildman–Crippen LogP) is 17.8. The minimum absolute atomic E-state index is 0.101. The normalized spacial score (nSPS) is 14.4. The molecule has 0 aliphatic rings. The Hall–Kier alpha value is -1.94. The largest absolute Gasteiger partial charge is 0.472 e.